The van der Waals surface area contributed by atoms with E-state index in [-0.39, 0.29) is 24.9 Å². The number of anilines is 2. The van der Waals surface area contributed by atoms with Crippen molar-refractivity contribution in [3.63, 3.8) is 0 Å². The van der Waals surface area contributed by atoms with Crippen molar-refractivity contribution < 1.29 is 19.1 Å². The molecule has 0 atom stereocenters. The monoisotopic (exact) mass is 493 g/mol. The fourth-order valence-electron chi connectivity index (χ4n) is 4.26. The van der Waals surface area contributed by atoms with Crippen molar-refractivity contribution in [3.8, 4) is 11.5 Å². The number of nitrogens with one attached hydrogen (secondary N) is 1. The quantitative estimate of drug-likeness (QED) is 0.499. The zero-order valence-electron chi connectivity index (χ0n) is 20.6. The molecule has 0 bridgehead atoms. The number of amides is 2. The molecule has 1 N–H and O–H groups in total. The smallest absolute Gasteiger partial charge is 0.241 e. The van der Waals surface area contributed by atoms with Crippen LogP contribution < -0.4 is 19.7 Å². The molecule has 0 aliphatic carbocycles. The van der Waals surface area contributed by atoms with Crippen LogP contribution >= 0.6 is 11.3 Å². The topological polar surface area (TPSA) is 71.1 Å². The number of hydrogen-bond acceptors (Lipinski definition) is 6. The van der Waals surface area contributed by atoms with Crippen LogP contribution in [0, 0.1) is 20.8 Å². The summed E-state index contributed by atoms with van der Waals surface area (Å²) >= 11 is 1.60. The summed E-state index contributed by atoms with van der Waals surface area (Å²) in [6, 6.07) is 13.6. The summed E-state index contributed by atoms with van der Waals surface area (Å²) in [4.78, 5) is 30.7. The van der Waals surface area contributed by atoms with Gasteiger partial charge in [-0.1, -0.05) is 23.8 Å². The van der Waals surface area contributed by atoms with Crippen molar-refractivity contribution in [3.05, 3.63) is 69.4 Å². The van der Waals surface area contributed by atoms with Crippen LogP contribution in [-0.2, 0) is 16.1 Å². The van der Waals surface area contributed by atoms with Gasteiger partial charge in [0.25, 0.3) is 0 Å². The zero-order valence-corrected chi connectivity index (χ0v) is 21.4. The Kier molecular flexibility index (Phi) is 7.73. The van der Waals surface area contributed by atoms with Gasteiger partial charge in [0.2, 0.25) is 11.8 Å². The van der Waals surface area contributed by atoms with Crippen molar-refractivity contribution in [1.82, 2.24) is 4.90 Å². The first kappa shape index (κ1) is 24.8. The molecule has 0 saturated heterocycles. The first-order valence-corrected chi connectivity index (χ1v) is 12.5. The number of benzene rings is 2. The summed E-state index contributed by atoms with van der Waals surface area (Å²) in [5, 5.41) is 5.00. The predicted molar refractivity (Wildman–Crippen MR) is 140 cm³/mol. The highest BCUT2D eigenvalue weighted by atomic mass is 32.1. The van der Waals surface area contributed by atoms with E-state index in [1.54, 1.807) is 28.2 Å². The van der Waals surface area contributed by atoms with Gasteiger partial charge in [0, 0.05) is 22.3 Å². The molecular weight excluding hydrogens is 462 g/mol. The number of carbonyl (C=O) groups is 2. The standard InChI is InChI=1S/C27H31N3O4S/c1-18-12-19(2)27(20(3)13-18)28-25(31)16-29(4)17-26(32)30(15-22-6-5-11-35-22)21-7-8-23-24(14-21)34-10-9-33-23/h5-8,11-14H,9-10,15-17H2,1-4H3,(H,28,31). The number of aryl methyl sites for hydroxylation is 3. The Morgan fingerprint density at radius 1 is 0.971 bits per heavy atom. The van der Waals surface area contributed by atoms with E-state index in [2.05, 4.69) is 5.32 Å². The van der Waals surface area contributed by atoms with Crippen LogP contribution in [0.2, 0.25) is 0 Å². The van der Waals surface area contributed by atoms with Gasteiger partial charge in [0.1, 0.15) is 13.2 Å². The molecule has 0 unspecified atom stereocenters. The maximum atomic E-state index is 13.4. The molecule has 184 valence electrons. The molecule has 2 heterocycles. The summed E-state index contributed by atoms with van der Waals surface area (Å²) in [7, 11) is 1.78. The third-order valence-corrected chi connectivity index (χ3v) is 6.65. The highest BCUT2D eigenvalue weighted by Gasteiger charge is 2.22. The van der Waals surface area contributed by atoms with Gasteiger partial charge in [-0.15, -0.1) is 11.3 Å². The molecule has 2 aromatic carbocycles. The van der Waals surface area contributed by atoms with Crippen LogP contribution in [0.3, 0.4) is 0 Å². The van der Waals surface area contributed by atoms with E-state index in [9.17, 15) is 9.59 Å². The molecule has 4 rings (SSSR count). The Morgan fingerprint density at radius 3 is 2.37 bits per heavy atom. The zero-order chi connectivity index (χ0) is 24.9. The lowest BCUT2D eigenvalue weighted by Crippen LogP contribution is -2.41. The molecule has 0 spiro atoms. The Labute approximate surface area is 210 Å². The largest absolute Gasteiger partial charge is 0.486 e. The Hall–Kier alpha value is -3.36. The summed E-state index contributed by atoms with van der Waals surface area (Å²) in [6.07, 6.45) is 0. The van der Waals surface area contributed by atoms with E-state index < -0.39 is 0 Å². The number of likely N-dealkylation sites (N-methyl/N-ethyl adjacent to an activating group) is 1. The fourth-order valence-corrected chi connectivity index (χ4v) is 4.95. The van der Waals surface area contributed by atoms with Crippen LogP contribution in [0.15, 0.2) is 47.8 Å². The van der Waals surface area contributed by atoms with Gasteiger partial charge in [-0.3, -0.25) is 14.5 Å². The Balaban J connectivity index is 1.45. The molecule has 0 fully saturated rings. The van der Waals surface area contributed by atoms with Crippen LogP contribution in [0.4, 0.5) is 11.4 Å². The first-order valence-electron chi connectivity index (χ1n) is 11.6. The minimum absolute atomic E-state index is 0.0963. The van der Waals surface area contributed by atoms with Crippen LogP contribution in [0.5, 0.6) is 11.5 Å². The molecule has 0 radical (unpaired) electrons. The van der Waals surface area contributed by atoms with Gasteiger partial charge in [0.05, 0.1) is 19.6 Å². The van der Waals surface area contributed by atoms with Gasteiger partial charge in [-0.2, -0.15) is 0 Å². The lowest BCUT2D eigenvalue weighted by atomic mass is 10.1. The maximum Gasteiger partial charge on any atom is 0.241 e. The number of hydrogen-bond donors (Lipinski definition) is 1. The van der Waals surface area contributed by atoms with E-state index in [1.165, 1.54) is 0 Å². The number of thiophene rings is 1. The summed E-state index contributed by atoms with van der Waals surface area (Å²) < 4.78 is 11.3. The van der Waals surface area contributed by atoms with Crippen molar-refractivity contribution in [1.29, 1.82) is 0 Å². The van der Waals surface area contributed by atoms with E-state index in [4.69, 9.17) is 9.47 Å². The van der Waals surface area contributed by atoms with Crippen molar-refractivity contribution in [2.45, 2.75) is 27.3 Å². The van der Waals surface area contributed by atoms with Gasteiger partial charge in [0.15, 0.2) is 11.5 Å². The number of rotatable bonds is 8. The average molecular weight is 494 g/mol. The van der Waals surface area contributed by atoms with Crippen molar-refractivity contribution >= 4 is 34.5 Å². The van der Waals surface area contributed by atoms with Gasteiger partial charge < -0.3 is 19.7 Å². The fraction of sp³-hybridized carbons (Fsp3) is 0.333. The molecule has 1 aliphatic rings. The second-order valence-electron chi connectivity index (χ2n) is 8.88. The molecule has 8 heteroatoms. The van der Waals surface area contributed by atoms with E-state index in [0.717, 1.165) is 32.9 Å². The van der Waals surface area contributed by atoms with Gasteiger partial charge in [-0.25, -0.2) is 0 Å². The predicted octanol–water partition coefficient (Wildman–Crippen LogP) is 4.55. The lowest BCUT2D eigenvalue weighted by molar-refractivity contribution is -0.121. The maximum absolute atomic E-state index is 13.4. The van der Waals surface area contributed by atoms with Crippen molar-refractivity contribution in [2.75, 3.05) is 43.6 Å². The molecule has 35 heavy (non-hydrogen) atoms. The number of ether oxygens (including phenoxy) is 2. The minimum atomic E-state index is -0.153. The Morgan fingerprint density at radius 2 is 1.69 bits per heavy atom. The summed E-state index contributed by atoms with van der Waals surface area (Å²) in [5.74, 6) is 1.06. The molecule has 1 aromatic heterocycles. The molecule has 0 saturated carbocycles. The highest BCUT2D eigenvalue weighted by molar-refractivity contribution is 7.09. The van der Waals surface area contributed by atoms with Crippen LogP contribution in [0.25, 0.3) is 0 Å². The van der Waals surface area contributed by atoms with Gasteiger partial charge >= 0.3 is 0 Å². The summed E-state index contributed by atoms with van der Waals surface area (Å²) in [5.41, 5.74) is 4.77. The highest BCUT2D eigenvalue weighted by Crippen LogP contribution is 2.34. The second kappa shape index (κ2) is 10.9. The Bertz CT molecular complexity index is 1190. The third-order valence-electron chi connectivity index (χ3n) is 5.79. The third kappa shape index (κ3) is 6.21. The average Bonchev–Trinajstić information content (AvgIpc) is 3.32. The normalized spacial score (nSPS) is 12.5. The number of fused-ring (bicyclic) bond motifs is 1. The van der Waals surface area contributed by atoms with E-state index in [1.807, 2.05) is 68.6 Å². The minimum Gasteiger partial charge on any atom is -0.486 e. The van der Waals surface area contributed by atoms with E-state index >= 15 is 0 Å². The molecule has 1 aliphatic heterocycles. The second-order valence-corrected chi connectivity index (χ2v) is 9.91. The molecule has 7 nitrogen and oxygen atoms in total. The summed E-state index contributed by atoms with van der Waals surface area (Å²) in [6.45, 7) is 7.64. The first-order chi connectivity index (χ1) is 16.8. The lowest BCUT2D eigenvalue weighted by Gasteiger charge is -2.27. The van der Waals surface area contributed by atoms with Crippen molar-refractivity contribution in [2.24, 2.45) is 0 Å². The van der Waals surface area contributed by atoms with E-state index in [0.29, 0.717) is 31.3 Å². The number of carbonyl (C=O) groups excluding carboxylic acids is 2. The number of nitrogens with zero attached hydrogens (tertiary/aromatic N) is 2. The van der Waals surface area contributed by atoms with Crippen LogP contribution in [0.1, 0.15) is 21.6 Å². The molecular formula is C27H31N3O4S. The molecule has 2 amide bonds. The van der Waals surface area contributed by atoms with Gasteiger partial charge in [-0.05, 0) is 62.5 Å². The molecule has 3 aromatic rings. The SMILES string of the molecule is Cc1cc(C)c(NC(=O)CN(C)CC(=O)N(Cc2cccs2)c2ccc3c(c2)OCCO3)c(C)c1. The van der Waals surface area contributed by atoms with Crippen LogP contribution in [-0.4, -0.2) is 50.1 Å².